The number of aromatic amines is 1. The average Bonchev–Trinajstić information content (AvgIpc) is 3.83. The van der Waals surface area contributed by atoms with Gasteiger partial charge in [0, 0.05) is 26.8 Å². The van der Waals surface area contributed by atoms with Crippen LogP contribution in [0.25, 0.3) is 0 Å². The van der Waals surface area contributed by atoms with E-state index in [0.717, 1.165) is 21.9 Å². The quantitative estimate of drug-likeness (QED) is 0.221. The van der Waals surface area contributed by atoms with Crippen LogP contribution in [0.3, 0.4) is 0 Å². The molecule has 4 aliphatic rings. The number of nitrogens with zero attached hydrogens (tertiary/aromatic N) is 1. The van der Waals surface area contributed by atoms with Gasteiger partial charge in [-0.2, -0.15) is 0 Å². The summed E-state index contributed by atoms with van der Waals surface area (Å²) in [6.45, 7) is -0.236. The lowest BCUT2D eigenvalue weighted by atomic mass is 9.68. The Morgan fingerprint density at radius 1 is 0.938 bits per heavy atom. The molecule has 3 aromatic carbocycles. The number of imide groups is 1. The molecule has 2 bridgehead atoms. The molecule has 48 heavy (non-hydrogen) atoms. The third kappa shape index (κ3) is 5.00. The zero-order valence-electron chi connectivity index (χ0n) is 25.8. The summed E-state index contributed by atoms with van der Waals surface area (Å²) >= 11 is 8.77. The molecule has 2 N–H and O–H groups in total. The summed E-state index contributed by atoms with van der Waals surface area (Å²) in [7, 11) is 3.11. The molecule has 3 amide bonds. The minimum absolute atomic E-state index is 0.00240. The van der Waals surface area contributed by atoms with Crippen LogP contribution >= 0.6 is 34.7 Å². The molecule has 2 saturated carbocycles. The van der Waals surface area contributed by atoms with Crippen molar-refractivity contribution in [1.82, 2.24) is 4.98 Å². The molecule has 0 spiro atoms. The molecule has 10 nitrogen and oxygen atoms in total. The predicted molar refractivity (Wildman–Crippen MR) is 183 cm³/mol. The third-order valence-electron chi connectivity index (χ3n) is 10.1. The topological polar surface area (TPSA) is 127 Å². The number of nitrogens with one attached hydrogen (secondary N) is 2. The lowest BCUT2D eigenvalue weighted by molar-refractivity contribution is -0.123. The molecule has 8 rings (SSSR count). The van der Waals surface area contributed by atoms with Gasteiger partial charge in [-0.05, 0) is 90.4 Å². The molecule has 0 radical (unpaired) electrons. The van der Waals surface area contributed by atoms with Crippen LogP contribution in [0.1, 0.15) is 22.8 Å². The third-order valence-corrected chi connectivity index (χ3v) is 12.9. The number of thiazole rings is 1. The Morgan fingerprint density at radius 2 is 1.67 bits per heavy atom. The monoisotopic (exact) mass is 703 g/mol. The van der Waals surface area contributed by atoms with Crippen molar-refractivity contribution in [2.45, 2.75) is 22.6 Å². The van der Waals surface area contributed by atoms with Crippen molar-refractivity contribution in [2.24, 2.45) is 29.6 Å². The van der Waals surface area contributed by atoms with Crippen LogP contribution < -0.4 is 29.3 Å². The molecule has 3 fully saturated rings. The molecule has 4 unspecified atom stereocenters. The Morgan fingerprint density at radius 3 is 2.38 bits per heavy atom. The number of aromatic nitrogens is 1. The molecule has 4 aromatic rings. The predicted octanol–water partition coefficient (Wildman–Crippen LogP) is 5.80. The first-order valence-electron chi connectivity index (χ1n) is 15.5. The van der Waals surface area contributed by atoms with E-state index in [9.17, 15) is 19.2 Å². The number of hydrogen-bond acceptors (Lipinski definition) is 9. The van der Waals surface area contributed by atoms with Crippen molar-refractivity contribution in [3.63, 3.8) is 0 Å². The second-order valence-corrected chi connectivity index (χ2v) is 15.1. The van der Waals surface area contributed by atoms with E-state index < -0.39 is 11.8 Å². The molecule has 3 heterocycles. The van der Waals surface area contributed by atoms with E-state index in [1.54, 1.807) is 73.5 Å². The Bertz CT molecular complexity index is 2000. The molecule has 1 aromatic heterocycles. The van der Waals surface area contributed by atoms with Gasteiger partial charge in [0.15, 0.2) is 18.1 Å². The highest BCUT2D eigenvalue weighted by atomic mass is 35.5. The van der Waals surface area contributed by atoms with Crippen LogP contribution in [0, 0.1) is 29.6 Å². The number of thioether (sulfide) groups is 1. The second-order valence-electron chi connectivity index (χ2n) is 12.4. The van der Waals surface area contributed by atoms with E-state index in [2.05, 4.69) is 10.3 Å². The standard InChI is InChI=1S/C35H30ClN3O7S2/c1-44-20-10-8-19(9-11-20)39-33(41)28-21-14-22(29(28)34(39)42)30-27(21)26(31-32(47-30)38-35(43)48-31)16-3-12-23(24(13-16)45-2)46-15-25(40)37-18-6-4-17(36)5-7-18/h3-13,21-22,26-30H,14-15H2,1-2H3,(H,37,40)(H,38,43)/t21-,22-,26-,27?,28?,29?,30?/m1/s1. The SMILES string of the molecule is COc1ccc(N2C(=O)C3C(C2=O)[C@@H]2C[C@H]3C3Sc4[nH]c(=O)sc4[C@H](c4ccc(OCC(=O)Nc5ccc(Cl)cc5)c(OC)c4)C32)cc1. The lowest BCUT2D eigenvalue weighted by Gasteiger charge is -2.43. The fourth-order valence-electron chi connectivity index (χ4n) is 8.25. The van der Waals surface area contributed by atoms with E-state index in [-0.39, 0.29) is 58.1 Å². The summed E-state index contributed by atoms with van der Waals surface area (Å²) in [4.78, 5) is 58.4. The van der Waals surface area contributed by atoms with Gasteiger partial charge in [0.1, 0.15) is 5.75 Å². The van der Waals surface area contributed by atoms with Crippen molar-refractivity contribution in [3.05, 3.63) is 91.9 Å². The zero-order chi connectivity index (χ0) is 33.3. The van der Waals surface area contributed by atoms with E-state index in [1.165, 1.54) is 23.3 Å². The Labute approximate surface area is 288 Å². The number of benzene rings is 3. The first-order valence-corrected chi connectivity index (χ1v) is 17.6. The first kappa shape index (κ1) is 31.0. The van der Waals surface area contributed by atoms with Crippen LogP contribution in [0.5, 0.6) is 17.2 Å². The normalized spacial score (nSPS) is 26.6. The fraction of sp³-hybridized carbons (Fsp3) is 0.314. The average molecular weight is 704 g/mol. The van der Waals surface area contributed by atoms with Gasteiger partial charge < -0.3 is 24.5 Å². The van der Waals surface area contributed by atoms with Gasteiger partial charge in [-0.1, -0.05) is 29.0 Å². The van der Waals surface area contributed by atoms with Crippen LogP contribution in [0.2, 0.25) is 5.02 Å². The van der Waals surface area contributed by atoms with Crippen LogP contribution in [-0.4, -0.2) is 48.8 Å². The summed E-state index contributed by atoms with van der Waals surface area (Å²) in [5.41, 5.74) is 2.07. The van der Waals surface area contributed by atoms with E-state index >= 15 is 0 Å². The van der Waals surface area contributed by atoms with E-state index in [0.29, 0.717) is 33.6 Å². The Kier molecular flexibility index (Phi) is 7.77. The van der Waals surface area contributed by atoms with Crippen molar-refractivity contribution in [1.29, 1.82) is 0 Å². The highest BCUT2D eigenvalue weighted by molar-refractivity contribution is 8.00. The Hall–Kier alpha value is -4.26. The van der Waals surface area contributed by atoms with E-state index in [1.807, 2.05) is 12.1 Å². The van der Waals surface area contributed by atoms with Gasteiger partial charge in [0.05, 0.1) is 36.8 Å². The molecule has 7 atom stereocenters. The summed E-state index contributed by atoms with van der Waals surface area (Å²) in [6, 6.07) is 19.4. The fourth-order valence-corrected chi connectivity index (χ4v) is 11.3. The second kappa shape index (κ2) is 12.0. The molecule has 1 saturated heterocycles. The molecule has 246 valence electrons. The summed E-state index contributed by atoms with van der Waals surface area (Å²) in [5, 5.41) is 4.22. The summed E-state index contributed by atoms with van der Waals surface area (Å²) in [5.74, 6) is -0.170. The number of anilines is 2. The molecular formula is C35H30ClN3O7S2. The highest BCUT2D eigenvalue weighted by Gasteiger charge is 2.69. The number of H-pyrrole nitrogens is 1. The number of methoxy groups -OCH3 is 2. The number of halogens is 1. The summed E-state index contributed by atoms with van der Waals surface area (Å²) < 4.78 is 16.9. The van der Waals surface area contributed by atoms with Gasteiger partial charge in [-0.3, -0.25) is 24.1 Å². The van der Waals surface area contributed by atoms with Crippen LogP contribution in [-0.2, 0) is 14.4 Å². The van der Waals surface area contributed by atoms with Crippen molar-refractivity contribution in [2.75, 3.05) is 31.0 Å². The largest absolute Gasteiger partial charge is 0.497 e. The van der Waals surface area contributed by atoms with Crippen molar-refractivity contribution < 1.29 is 28.6 Å². The molecule has 2 aliphatic heterocycles. The lowest BCUT2D eigenvalue weighted by Crippen LogP contribution is -2.42. The molecule has 13 heteroatoms. The number of amides is 3. The number of hydrogen-bond donors (Lipinski definition) is 2. The number of fused-ring (bicyclic) bond motifs is 9. The maximum absolute atomic E-state index is 14.1. The number of rotatable bonds is 8. The zero-order valence-corrected chi connectivity index (χ0v) is 28.2. The van der Waals surface area contributed by atoms with E-state index in [4.69, 9.17) is 25.8 Å². The van der Waals surface area contributed by atoms with Gasteiger partial charge >= 0.3 is 4.87 Å². The first-order chi connectivity index (χ1) is 23.2. The number of ether oxygens (including phenoxy) is 3. The molecule has 2 aliphatic carbocycles. The van der Waals surface area contributed by atoms with Gasteiger partial charge in [-0.25, -0.2) is 0 Å². The summed E-state index contributed by atoms with van der Waals surface area (Å²) in [6.07, 6.45) is 0.780. The Balaban J connectivity index is 1.08. The smallest absolute Gasteiger partial charge is 0.305 e. The van der Waals surface area contributed by atoms with Gasteiger partial charge in [-0.15, -0.1) is 11.8 Å². The van der Waals surface area contributed by atoms with Gasteiger partial charge in [0.25, 0.3) is 5.91 Å². The van der Waals surface area contributed by atoms with Crippen LogP contribution in [0.15, 0.2) is 76.6 Å². The van der Waals surface area contributed by atoms with Crippen molar-refractivity contribution in [3.8, 4) is 17.2 Å². The van der Waals surface area contributed by atoms with Gasteiger partial charge in [0.2, 0.25) is 11.8 Å². The highest BCUT2D eigenvalue weighted by Crippen LogP contribution is 2.68. The maximum atomic E-state index is 14.1. The minimum Gasteiger partial charge on any atom is -0.497 e. The van der Waals surface area contributed by atoms with Crippen molar-refractivity contribution >= 4 is 63.8 Å². The number of carbonyl (C=O) groups excluding carboxylic acids is 3. The van der Waals surface area contributed by atoms with Crippen LogP contribution in [0.4, 0.5) is 11.4 Å². The maximum Gasteiger partial charge on any atom is 0.305 e. The number of carbonyl (C=O) groups is 3. The minimum atomic E-state index is -0.421. The molecular weight excluding hydrogens is 674 g/mol.